The molecule has 0 aliphatic carbocycles. The van der Waals surface area contributed by atoms with Crippen LogP contribution >= 0.6 is 0 Å². The Morgan fingerprint density at radius 3 is 2.12 bits per heavy atom. The molecule has 4 nitrogen and oxygen atoms in total. The molecule has 0 saturated carbocycles. The molecule has 7 aromatic rings. The van der Waals surface area contributed by atoms with E-state index in [1.165, 1.54) is 16.7 Å². The molecule has 4 aromatic heterocycles. The first-order valence-electron chi connectivity index (χ1n) is 13.4. The summed E-state index contributed by atoms with van der Waals surface area (Å²) in [6, 6.07) is 31.1. The third-order valence-electron chi connectivity index (χ3n) is 7.19. The van der Waals surface area contributed by atoms with Gasteiger partial charge in [0.25, 0.3) is 0 Å². The van der Waals surface area contributed by atoms with E-state index in [1.807, 2.05) is 56.6 Å². The number of pyridine rings is 3. The van der Waals surface area contributed by atoms with Crippen LogP contribution in [0.3, 0.4) is 0 Å². The molecule has 4 heterocycles. The monoisotopic (exact) mass is 712 g/mol. The van der Waals surface area contributed by atoms with Crippen LogP contribution in [-0.2, 0) is 20.1 Å². The van der Waals surface area contributed by atoms with Crippen molar-refractivity contribution in [1.82, 2.24) is 15.0 Å². The van der Waals surface area contributed by atoms with Gasteiger partial charge in [0.2, 0.25) is 0 Å². The number of furan rings is 1. The van der Waals surface area contributed by atoms with E-state index >= 15 is 0 Å². The second-order valence-corrected chi connectivity index (χ2v) is 10.3. The Kier molecular flexibility index (Phi) is 8.12. The Hall–Kier alpha value is -4.18. The topological polar surface area (TPSA) is 51.8 Å². The number of rotatable bonds is 2. The van der Waals surface area contributed by atoms with Gasteiger partial charge >= 0.3 is 0 Å². The van der Waals surface area contributed by atoms with Crippen LogP contribution in [0.15, 0.2) is 89.6 Å². The summed E-state index contributed by atoms with van der Waals surface area (Å²) >= 11 is 0. The van der Waals surface area contributed by atoms with Gasteiger partial charge in [-0.1, -0.05) is 41.6 Å². The summed E-state index contributed by atoms with van der Waals surface area (Å²) < 4.78 is 6.31. The molecule has 0 unspecified atom stereocenters. The fraction of sp³-hybridized carbons (Fsp3) is 0.139. The van der Waals surface area contributed by atoms with Crippen LogP contribution in [0.1, 0.15) is 27.9 Å². The van der Waals surface area contributed by atoms with Gasteiger partial charge in [0.1, 0.15) is 5.58 Å². The minimum atomic E-state index is 0. The molecule has 0 aliphatic heterocycles. The molecule has 7 rings (SSSR count). The van der Waals surface area contributed by atoms with Crippen molar-refractivity contribution in [2.24, 2.45) is 0 Å². The standard InChI is InChI=1S/C22H15N2O.C14H14N.Ir/c1-13-6-10-19(23-12-13)17-5-3-4-15-16-9-11-20-18(8-7-14(2)24-20)22(16)25-21(15)17;1-10-4-6-13(7-5-10)14-8-11(2)12(3)9-15-14;/h3-4,6-12H,1-2H3;4-6,8-9H,1-3H3;/q2*-1;. The van der Waals surface area contributed by atoms with Crippen molar-refractivity contribution >= 4 is 32.8 Å². The molecule has 3 aromatic carbocycles. The zero-order valence-electron chi connectivity index (χ0n) is 23.7. The van der Waals surface area contributed by atoms with Crippen LogP contribution in [0.25, 0.3) is 55.4 Å². The first kappa shape index (κ1) is 28.4. The molecule has 0 saturated heterocycles. The van der Waals surface area contributed by atoms with Crippen LogP contribution in [0, 0.1) is 46.8 Å². The first-order valence-corrected chi connectivity index (χ1v) is 13.4. The Morgan fingerprint density at radius 1 is 0.634 bits per heavy atom. The molecule has 0 N–H and O–H groups in total. The quantitative estimate of drug-likeness (QED) is 0.168. The van der Waals surface area contributed by atoms with E-state index in [-0.39, 0.29) is 20.1 Å². The van der Waals surface area contributed by atoms with Gasteiger partial charge in [0, 0.05) is 49.0 Å². The van der Waals surface area contributed by atoms with E-state index in [0.29, 0.717) is 0 Å². The molecule has 1 radical (unpaired) electrons. The van der Waals surface area contributed by atoms with E-state index in [2.05, 4.69) is 90.3 Å². The third-order valence-corrected chi connectivity index (χ3v) is 7.19. The maximum atomic E-state index is 6.31. The summed E-state index contributed by atoms with van der Waals surface area (Å²) in [5, 5.41) is 3.20. The summed E-state index contributed by atoms with van der Waals surface area (Å²) in [5.41, 5.74) is 12.3. The fourth-order valence-corrected chi connectivity index (χ4v) is 4.74. The zero-order valence-corrected chi connectivity index (χ0v) is 26.1. The summed E-state index contributed by atoms with van der Waals surface area (Å²) in [4.78, 5) is 13.6. The van der Waals surface area contributed by atoms with Gasteiger partial charge in [-0.15, -0.1) is 53.6 Å². The van der Waals surface area contributed by atoms with Crippen molar-refractivity contribution in [3.63, 3.8) is 0 Å². The van der Waals surface area contributed by atoms with Gasteiger partial charge < -0.3 is 14.4 Å². The smallest absolute Gasteiger partial charge is 0.130 e. The number of fused-ring (bicyclic) bond motifs is 5. The molecule has 0 amide bonds. The van der Waals surface area contributed by atoms with Gasteiger partial charge in [-0.05, 0) is 74.5 Å². The zero-order chi connectivity index (χ0) is 27.8. The molecule has 5 heteroatoms. The van der Waals surface area contributed by atoms with Gasteiger partial charge in [-0.25, -0.2) is 0 Å². The average Bonchev–Trinajstić information content (AvgIpc) is 3.35. The van der Waals surface area contributed by atoms with Crippen molar-refractivity contribution in [3.8, 4) is 22.5 Å². The molecule has 0 spiro atoms. The van der Waals surface area contributed by atoms with Crippen LogP contribution in [0.2, 0.25) is 0 Å². The van der Waals surface area contributed by atoms with Gasteiger partial charge in [-0.3, -0.25) is 4.98 Å². The minimum Gasteiger partial charge on any atom is -0.500 e. The summed E-state index contributed by atoms with van der Waals surface area (Å²) in [6.45, 7) is 10.3. The second-order valence-electron chi connectivity index (χ2n) is 10.3. The predicted octanol–water partition coefficient (Wildman–Crippen LogP) is 9.08. The number of aromatic nitrogens is 3. The van der Waals surface area contributed by atoms with E-state index in [0.717, 1.165) is 66.6 Å². The van der Waals surface area contributed by atoms with Crippen LogP contribution in [0.5, 0.6) is 0 Å². The number of nitrogens with zero attached hydrogens (tertiary/aromatic N) is 3. The van der Waals surface area contributed by atoms with Crippen molar-refractivity contribution in [1.29, 1.82) is 0 Å². The first-order chi connectivity index (χ1) is 19.4. The Balaban J connectivity index is 0.000000182. The number of hydrogen-bond acceptors (Lipinski definition) is 4. The number of benzene rings is 3. The van der Waals surface area contributed by atoms with Gasteiger partial charge in [0.05, 0.1) is 11.1 Å². The summed E-state index contributed by atoms with van der Waals surface area (Å²) in [7, 11) is 0. The average molecular weight is 712 g/mol. The van der Waals surface area contributed by atoms with E-state index in [9.17, 15) is 0 Å². The SMILES string of the molecule is Cc1c[c-]c(-c2cc(C)c(C)cn2)cc1.Cc1ccc(-c2[c-]ccc3c2oc2c4ccc(C)nc4ccc32)nc1.[Ir]. The predicted molar refractivity (Wildman–Crippen MR) is 163 cm³/mol. The van der Waals surface area contributed by atoms with Gasteiger partial charge in [0.15, 0.2) is 0 Å². The largest absolute Gasteiger partial charge is 0.500 e. The van der Waals surface area contributed by atoms with Crippen LogP contribution in [-0.4, -0.2) is 15.0 Å². The molecule has 0 atom stereocenters. The summed E-state index contributed by atoms with van der Waals surface area (Å²) in [6.07, 6.45) is 3.78. The number of hydrogen-bond donors (Lipinski definition) is 0. The van der Waals surface area contributed by atoms with Crippen LogP contribution < -0.4 is 0 Å². The Morgan fingerprint density at radius 2 is 1.39 bits per heavy atom. The van der Waals surface area contributed by atoms with E-state index < -0.39 is 0 Å². The molecule has 0 fully saturated rings. The molecule has 41 heavy (non-hydrogen) atoms. The molecular formula is C36H29IrN3O-2. The Labute approximate surface area is 253 Å². The second kappa shape index (κ2) is 11.7. The third kappa shape index (κ3) is 5.69. The molecule has 205 valence electrons. The molecular weight excluding hydrogens is 683 g/mol. The molecule has 0 aliphatic rings. The molecule has 0 bridgehead atoms. The maximum absolute atomic E-state index is 6.31. The fourth-order valence-electron chi connectivity index (χ4n) is 4.74. The minimum absolute atomic E-state index is 0. The summed E-state index contributed by atoms with van der Waals surface area (Å²) in [5.74, 6) is 0. The van der Waals surface area contributed by atoms with Crippen molar-refractivity contribution in [3.05, 3.63) is 125 Å². The van der Waals surface area contributed by atoms with Crippen molar-refractivity contribution < 1.29 is 24.5 Å². The Bertz CT molecular complexity index is 1990. The van der Waals surface area contributed by atoms with Gasteiger partial charge in [-0.2, -0.15) is 0 Å². The van der Waals surface area contributed by atoms with E-state index in [4.69, 9.17) is 4.42 Å². The van der Waals surface area contributed by atoms with Crippen molar-refractivity contribution in [2.75, 3.05) is 0 Å². The normalized spacial score (nSPS) is 10.9. The maximum Gasteiger partial charge on any atom is 0.130 e. The van der Waals surface area contributed by atoms with Crippen molar-refractivity contribution in [2.45, 2.75) is 34.6 Å². The van der Waals surface area contributed by atoms with E-state index in [1.54, 1.807) is 0 Å². The van der Waals surface area contributed by atoms with Crippen LogP contribution in [0.4, 0.5) is 0 Å². The number of aryl methyl sites for hydroxylation is 5.